The normalized spacial score (nSPS) is 12.4. The van der Waals surface area contributed by atoms with Gasteiger partial charge in [0.15, 0.2) is 23.8 Å². The molecule has 0 saturated carbocycles. The Kier molecular flexibility index (Phi) is 10.0. The second-order valence-electron chi connectivity index (χ2n) is 12.6. The molecule has 0 fully saturated rings. The molecule has 0 saturated heterocycles. The van der Waals surface area contributed by atoms with Crippen LogP contribution < -0.4 is 15.0 Å². The average Bonchev–Trinajstić information content (AvgIpc) is 3.27. The highest BCUT2D eigenvalue weighted by molar-refractivity contribution is 5.86. The summed E-state index contributed by atoms with van der Waals surface area (Å²) in [6.45, 7) is 12.9. The van der Waals surface area contributed by atoms with Crippen molar-refractivity contribution in [1.82, 2.24) is 9.36 Å². The third kappa shape index (κ3) is 7.44. The van der Waals surface area contributed by atoms with E-state index in [1.165, 1.54) is 9.36 Å². The topological polar surface area (TPSA) is 99.8 Å². The molecule has 8 nitrogen and oxygen atoms in total. The highest BCUT2D eigenvalue weighted by Crippen LogP contribution is 2.26. The van der Waals surface area contributed by atoms with E-state index in [4.69, 9.17) is 9.47 Å². The molecular formula is C40H42N2O6. The molecule has 0 amide bonds. The molecule has 4 aromatic carbocycles. The molecule has 0 aliphatic heterocycles. The standard InChI is InChI=1S/C40H42N2O6/c1-24-14-16-37(26(3)18-24)47-29(6)35(43)22-31-10-8-12-33(20-31)41-39(45)28(5)40(46)42(41)34-13-9-11-32(21-34)23-36(44)30(7)48-38-17-15-25(2)19-27(38)4/h8-21,29-30,45H,22-23H2,1-7H3. The van der Waals surface area contributed by atoms with Crippen molar-refractivity contribution < 1.29 is 24.2 Å². The van der Waals surface area contributed by atoms with Gasteiger partial charge in [-0.25, -0.2) is 9.36 Å². The lowest BCUT2D eigenvalue weighted by Crippen LogP contribution is -2.26. The summed E-state index contributed by atoms with van der Waals surface area (Å²) in [5, 5.41) is 11.1. The summed E-state index contributed by atoms with van der Waals surface area (Å²) in [5.41, 5.74) is 6.30. The molecule has 2 unspecified atom stereocenters. The summed E-state index contributed by atoms with van der Waals surface area (Å²) in [7, 11) is 0. The minimum Gasteiger partial charge on any atom is -0.493 e. The van der Waals surface area contributed by atoms with Gasteiger partial charge in [-0.05, 0) is 107 Å². The van der Waals surface area contributed by atoms with Crippen LogP contribution in [0.5, 0.6) is 17.4 Å². The monoisotopic (exact) mass is 646 g/mol. The van der Waals surface area contributed by atoms with Crippen molar-refractivity contribution in [3.63, 3.8) is 0 Å². The van der Waals surface area contributed by atoms with Crippen molar-refractivity contribution in [2.24, 2.45) is 0 Å². The number of hydrogen-bond acceptors (Lipinski definition) is 6. The van der Waals surface area contributed by atoms with Crippen molar-refractivity contribution in [3.05, 3.63) is 134 Å². The number of carbonyl (C=O) groups is 2. The van der Waals surface area contributed by atoms with E-state index >= 15 is 0 Å². The fourth-order valence-electron chi connectivity index (χ4n) is 5.73. The van der Waals surface area contributed by atoms with Crippen LogP contribution >= 0.6 is 0 Å². The number of aromatic nitrogens is 2. The van der Waals surface area contributed by atoms with Crippen LogP contribution in [0, 0.1) is 34.6 Å². The summed E-state index contributed by atoms with van der Waals surface area (Å²) >= 11 is 0. The highest BCUT2D eigenvalue weighted by atomic mass is 16.5. The zero-order chi connectivity index (χ0) is 34.7. The molecule has 0 bridgehead atoms. The molecule has 48 heavy (non-hydrogen) atoms. The third-order valence-corrected chi connectivity index (χ3v) is 8.49. The second kappa shape index (κ2) is 14.2. The molecule has 5 aromatic rings. The van der Waals surface area contributed by atoms with Crippen LogP contribution in [-0.4, -0.2) is 38.2 Å². The Labute approximate surface area is 281 Å². The van der Waals surface area contributed by atoms with E-state index in [1.54, 1.807) is 57.2 Å². The van der Waals surface area contributed by atoms with E-state index in [0.29, 0.717) is 34.0 Å². The molecular weight excluding hydrogens is 604 g/mol. The number of hydrogen-bond donors (Lipinski definition) is 1. The van der Waals surface area contributed by atoms with Gasteiger partial charge in [-0.15, -0.1) is 0 Å². The van der Waals surface area contributed by atoms with Crippen LogP contribution in [0.25, 0.3) is 11.4 Å². The predicted octanol–water partition coefficient (Wildman–Crippen LogP) is 7.03. The van der Waals surface area contributed by atoms with E-state index in [-0.39, 0.29) is 35.9 Å². The van der Waals surface area contributed by atoms with Gasteiger partial charge < -0.3 is 14.6 Å². The summed E-state index contributed by atoms with van der Waals surface area (Å²) in [6, 6.07) is 25.9. The maximum absolute atomic E-state index is 13.5. The van der Waals surface area contributed by atoms with Gasteiger partial charge in [0.2, 0.25) is 5.88 Å². The van der Waals surface area contributed by atoms with Crippen molar-refractivity contribution in [2.45, 2.75) is 73.5 Å². The summed E-state index contributed by atoms with van der Waals surface area (Å²) in [6.07, 6.45) is -1.15. The van der Waals surface area contributed by atoms with Gasteiger partial charge in [0.25, 0.3) is 5.56 Å². The number of ketones is 2. The Balaban J connectivity index is 1.37. The van der Waals surface area contributed by atoms with Gasteiger partial charge in [0.05, 0.1) is 16.9 Å². The minimum atomic E-state index is -0.674. The van der Waals surface area contributed by atoms with Crippen LogP contribution in [0.15, 0.2) is 89.7 Å². The van der Waals surface area contributed by atoms with E-state index < -0.39 is 17.8 Å². The van der Waals surface area contributed by atoms with E-state index in [1.807, 2.05) is 76.2 Å². The molecule has 1 heterocycles. The van der Waals surface area contributed by atoms with E-state index in [9.17, 15) is 19.5 Å². The van der Waals surface area contributed by atoms with Crippen LogP contribution in [0.3, 0.4) is 0 Å². The fraction of sp³-hybridized carbons (Fsp3) is 0.275. The second-order valence-corrected chi connectivity index (χ2v) is 12.6. The number of rotatable bonds is 12. The third-order valence-electron chi connectivity index (χ3n) is 8.49. The van der Waals surface area contributed by atoms with Gasteiger partial charge in [0.1, 0.15) is 11.5 Å². The number of benzene rings is 4. The van der Waals surface area contributed by atoms with E-state index in [2.05, 4.69) is 0 Å². The van der Waals surface area contributed by atoms with E-state index in [0.717, 1.165) is 22.3 Å². The van der Waals surface area contributed by atoms with Crippen LogP contribution in [0.1, 0.15) is 52.8 Å². The maximum Gasteiger partial charge on any atom is 0.278 e. The number of Topliss-reactive ketones (excluding diaryl/α,β-unsaturated/α-hetero) is 2. The van der Waals surface area contributed by atoms with Crippen LogP contribution in [-0.2, 0) is 22.4 Å². The number of nitrogens with zero attached hydrogens (tertiary/aromatic N) is 2. The lowest BCUT2D eigenvalue weighted by atomic mass is 10.0. The largest absolute Gasteiger partial charge is 0.493 e. The van der Waals surface area contributed by atoms with Gasteiger partial charge in [-0.3, -0.25) is 14.4 Å². The fourth-order valence-corrected chi connectivity index (χ4v) is 5.73. The summed E-state index contributed by atoms with van der Waals surface area (Å²) in [4.78, 5) is 39.9. The number of carbonyl (C=O) groups excluding carboxylic acids is 2. The first-order valence-corrected chi connectivity index (χ1v) is 16.1. The van der Waals surface area contributed by atoms with Gasteiger partial charge >= 0.3 is 0 Å². The molecule has 8 heteroatoms. The molecule has 248 valence electrons. The molecule has 1 aromatic heterocycles. The van der Waals surface area contributed by atoms with Gasteiger partial charge in [-0.1, -0.05) is 59.7 Å². The van der Waals surface area contributed by atoms with Gasteiger partial charge in [-0.2, -0.15) is 0 Å². The maximum atomic E-state index is 13.5. The molecule has 0 aliphatic carbocycles. The van der Waals surface area contributed by atoms with Gasteiger partial charge in [0, 0.05) is 12.8 Å². The first-order valence-electron chi connectivity index (χ1n) is 16.1. The number of aryl methyl sites for hydroxylation is 4. The SMILES string of the molecule is Cc1ccc(OC(C)C(=O)Cc2cccc(-n3c(O)c(C)c(=O)n3-c3cccc(CC(=O)C(C)Oc4ccc(C)cc4C)c3)c2)c(C)c1. The molecule has 0 spiro atoms. The van der Waals surface area contributed by atoms with Crippen molar-refractivity contribution >= 4 is 11.6 Å². The van der Waals surface area contributed by atoms with Crippen molar-refractivity contribution in [2.75, 3.05) is 0 Å². The molecule has 2 atom stereocenters. The lowest BCUT2D eigenvalue weighted by Gasteiger charge is -2.17. The Bertz CT molecular complexity index is 2050. The summed E-state index contributed by atoms with van der Waals surface area (Å²) < 4.78 is 14.8. The molecule has 0 aliphatic rings. The zero-order valence-corrected chi connectivity index (χ0v) is 28.5. The first-order chi connectivity index (χ1) is 22.8. The molecule has 1 N–H and O–H groups in total. The number of aromatic hydroxyl groups is 1. The Morgan fingerprint density at radius 3 is 1.52 bits per heavy atom. The quantitative estimate of drug-likeness (QED) is 0.156. The Morgan fingerprint density at radius 2 is 1.08 bits per heavy atom. The Morgan fingerprint density at radius 1 is 0.646 bits per heavy atom. The smallest absolute Gasteiger partial charge is 0.278 e. The Hall–Kier alpha value is -5.37. The van der Waals surface area contributed by atoms with Crippen LogP contribution in [0.2, 0.25) is 0 Å². The highest BCUT2D eigenvalue weighted by Gasteiger charge is 2.22. The predicted molar refractivity (Wildman–Crippen MR) is 187 cm³/mol. The van der Waals surface area contributed by atoms with Crippen molar-refractivity contribution in [1.29, 1.82) is 0 Å². The lowest BCUT2D eigenvalue weighted by molar-refractivity contribution is -0.125. The summed E-state index contributed by atoms with van der Waals surface area (Å²) in [5.74, 6) is 0.900. The number of ether oxygens (including phenoxy) is 2. The van der Waals surface area contributed by atoms with Crippen LogP contribution in [0.4, 0.5) is 0 Å². The van der Waals surface area contributed by atoms with Crippen molar-refractivity contribution in [3.8, 4) is 28.8 Å². The zero-order valence-electron chi connectivity index (χ0n) is 28.5. The first kappa shape index (κ1) is 34.0. The molecule has 5 rings (SSSR count). The minimum absolute atomic E-state index is 0.0975. The molecule has 0 radical (unpaired) electrons. The average molecular weight is 647 g/mol.